The Kier molecular flexibility index (Phi) is 5.07. The number of hydrogen-bond donors (Lipinski definition) is 2. The van der Waals surface area contributed by atoms with Crippen LogP contribution in [0.4, 0.5) is 5.69 Å². The first kappa shape index (κ1) is 16.5. The van der Waals surface area contributed by atoms with E-state index < -0.39 is 10.0 Å². The van der Waals surface area contributed by atoms with E-state index in [0.29, 0.717) is 15.4 Å². The third-order valence-corrected chi connectivity index (χ3v) is 5.79. The summed E-state index contributed by atoms with van der Waals surface area (Å²) in [5.74, 6) is 0.806. The number of benzene rings is 1. The smallest absolute Gasteiger partial charge is 0.243 e. The number of rotatable bonds is 5. The lowest BCUT2D eigenvalue weighted by Gasteiger charge is -2.11. The lowest BCUT2D eigenvalue weighted by molar-refractivity contribution is 0.580. The molecule has 0 aliphatic carbocycles. The van der Waals surface area contributed by atoms with Crippen LogP contribution < -0.4 is 10.5 Å². The molecule has 0 amide bonds. The van der Waals surface area contributed by atoms with Crippen molar-refractivity contribution in [1.29, 1.82) is 0 Å². The van der Waals surface area contributed by atoms with Crippen molar-refractivity contribution in [2.24, 2.45) is 7.05 Å². The van der Waals surface area contributed by atoms with Crippen LogP contribution in [0.1, 0.15) is 5.82 Å². The van der Waals surface area contributed by atoms with Gasteiger partial charge in [0, 0.05) is 41.4 Å². The average Bonchev–Trinajstić information content (AvgIpc) is 2.73. The van der Waals surface area contributed by atoms with E-state index in [-0.39, 0.29) is 17.1 Å². The molecule has 0 saturated carbocycles. The molecule has 9 heteroatoms. The first-order chi connectivity index (χ1) is 9.81. The minimum absolute atomic E-state index is 0.0468. The molecule has 0 spiro atoms. The Morgan fingerprint density at radius 1 is 1.38 bits per heavy atom. The van der Waals surface area contributed by atoms with Crippen LogP contribution in [0.25, 0.3) is 0 Å². The van der Waals surface area contributed by atoms with Crippen molar-refractivity contribution in [3.63, 3.8) is 0 Å². The highest BCUT2D eigenvalue weighted by Gasteiger charge is 2.21. The lowest BCUT2D eigenvalue weighted by atomic mass is 10.3. The Bertz CT molecular complexity index is 735. The number of nitrogens with zero attached hydrogens (tertiary/aromatic N) is 2. The Hall–Kier alpha value is -0.900. The summed E-state index contributed by atoms with van der Waals surface area (Å²) in [5, 5.41) is 0. The van der Waals surface area contributed by atoms with Crippen LogP contribution in [-0.4, -0.2) is 24.5 Å². The summed E-state index contributed by atoms with van der Waals surface area (Å²) in [6.07, 6.45) is 3.98. The first-order valence-corrected chi connectivity index (χ1v) is 9.08. The van der Waals surface area contributed by atoms with E-state index in [0.717, 1.165) is 5.82 Å². The maximum absolute atomic E-state index is 12.3. The highest BCUT2D eigenvalue weighted by atomic mass is 79.9. The molecule has 21 heavy (non-hydrogen) atoms. The Morgan fingerprint density at radius 3 is 2.67 bits per heavy atom. The SMILES string of the molecule is Cn1ccnc1CCNS(=O)(=O)c1c(N)cc(Br)cc1Br. The van der Waals surface area contributed by atoms with Gasteiger partial charge in [-0.15, -0.1) is 0 Å². The number of aromatic nitrogens is 2. The van der Waals surface area contributed by atoms with E-state index in [1.807, 2.05) is 17.8 Å². The second kappa shape index (κ2) is 6.47. The highest BCUT2D eigenvalue weighted by Crippen LogP contribution is 2.31. The zero-order valence-corrected chi connectivity index (χ0v) is 15.2. The fraction of sp³-hybridized carbons (Fsp3) is 0.250. The number of nitrogen functional groups attached to an aromatic ring is 1. The van der Waals surface area contributed by atoms with Gasteiger partial charge in [0.1, 0.15) is 10.7 Å². The molecule has 6 nitrogen and oxygen atoms in total. The van der Waals surface area contributed by atoms with Crippen LogP contribution in [0.3, 0.4) is 0 Å². The molecule has 1 aromatic carbocycles. The Balaban J connectivity index is 2.14. The van der Waals surface area contributed by atoms with E-state index >= 15 is 0 Å². The molecule has 114 valence electrons. The summed E-state index contributed by atoms with van der Waals surface area (Å²) in [6, 6.07) is 3.20. The van der Waals surface area contributed by atoms with Gasteiger partial charge in [-0.2, -0.15) is 0 Å². The molecule has 2 rings (SSSR count). The van der Waals surface area contributed by atoms with Gasteiger partial charge in [0.05, 0.1) is 5.69 Å². The fourth-order valence-corrected chi connectivity index (χ4v) is 4.97. The van der Waals surface area contributed by atoms with Crippen LogP contribution in [0.15, 0.2) is 38.4 Å². The van der Waals surface area contributed by atoms with Crippen molar-refractivity contribution >= 4 is 47.6 Å². The summed E-state index contributed by atoms with van der Waals surface area (Å²) in [5.41, 5.74) is 5.98. The summed E-state index contributed by atoms with van der Waals surface area (Å²) in [6.45, 7) is 0.245. The van der Waals surface area contributed by atoms with Gasteiger partial charge in [-0.05, 0) is 28.1 Å². The van der Waals surface area contributed by atoms with Crippen molar-refractivity contribution in [3.8, 4) is 0 Å². The van der Waals surface area contributed by atoms with Gasteiger partial charge < -0.3 is 10.3 Å². The van der Waals surface area contributed by atoms with E-state index in [1.54, 1.807) is 18.3 Å². The fourth-order valence-electron chi connectivity index (χ4n) is 1.87. The van der Waals surface area contributed by atoms with Crippen LogP contribution in [0.2, 0.25) is 0 Å². The maximum Gasteiger partial charge on any atom is 0.243 e. The predicted octanol–water partition coefficient (Wildman–Crippen LogP) is 2.05. The van der Waals surface area contributed by atoms with E-state index in [9.17, 15) is 8.42 Å². The minimum atomic E-state index is -3.68. The second-order valence-electron chi connectivity index (χ2n) is 4.41. The monoisotopic (exact) mass is 436 g/mol. The van der Waals surface area contributed by atoms with Gasteiger partial charge in [-0.3, -0.25) is 0 Å². The molecule has 3 N–H and O–H groups in total. The second-order valence-corrected chi connectivity index (χ2v) is 7.88. The average molecular weight is 438 g/mol. The van der Waals surface area contributed by atoms with Gasteiger partial charge >= 0.3 is 0 Å². The number of hydrogen-bond acceptors (Lipinski definition) is 4. The molecule has 1 heterocycles. The molecule has 0 bridgehead atoms. The molecule has 0 atom stereocenters. The molecular formula is C12H14Br2N4O2S. The summed E-state index contributed by atoms with van der Waals surface area (Å²) in [4.78, 5) is 4.19. The van der Waals surface area contributed by atoms with Gasteiger partial charge in [0.25, 0.3) is 0 Å². The predicted molar refractivity (Wildman–Crippen MR) is 88.4 cm³/mol. The van der Waals surface area contributed by atoms with Gasteiger partial charge in [0.2, 0.25) is 10.0 Å². The highest BCUT2D eigenvalue weighted by molar-refractivity contribution is 9.11. The summed E-state index contributed by atoms with van der Waals surface area (Å²) >= 11 is 6.49. The molecule has 0 aliphatic heterocycles. The normalized spacial score (nSPS) is 11.8. The maximum atomic E-state index is 12.3. The van der Waals surface area contributed by atoms with Gasteiger partial charge in [0.15, 0.2) is 0 Å². The standard InChI is InChI=1S/C12H14Br2N4O2S/c1-18-5-4-16-11(18)2-3-17-21(19,20)12-9(14)6-8(13)7-10(12)15/h4-7,17H,2-3,15H2,1H3. The number of imidazole rings is 1. The minimum Gasteiger partial charge on any atom is -0.398 e. The number of halogens is 2. The first-order valence-electron chi connectivity index (χ1n) is 6.01. The molecule has 0 radical (unpaired) electrons. The van der Waals surface area contributed by atoms with Crippen LogP contribution in [-0.2, 0) is 23.5 Å². The number of sulfonamides is 1. The van der Waals surface area contributed by atoms with Gasteiger partial charge in [-0.25, -0.2) is 18.1 Å². The Labute approximate surface area is 140 Å². The van der Waals surface area contributed by atoms with Crippen molar-refractivity contribution in [3.05, 3.63) is 39.3 Å². The quantitative estimate of drug-likeness (QED) is 0.700. The molecular weight excluding hydrogens is 424 g/mol. The van der Waals surface area contributed by atoms with Crippen LogP contribution >= 0.6 is 31.9 Å². The molecule has 0 aliphatic rings. The molecule has 0 saturated heterocycles. The number of anilines is 1. The van der Waals surface area contributed by atoms with E-state index in [4.69, 9.17) is 5.73 Å². The molecule has 0 unspecified atom stereocenters. The number of nitrogens with two attached hydrogens (primary N) is 1. The van der Waals surface area contributed by atoms with Crippen molar-refractivity contribution in [2.45, 2.75) is 11.3 Å². The third-order valence-electron chi connectivity index (χ3n) is 2.87. The van der Waals surface area contributed by atoms with Crippen LogP contribution in [0.5, 0.6) is 0 Å². The largest absolute Gasteiger partial charge is 0.398 e. The zero-order chi connectivity index (χ0) is 15.6. The summed E-state index contributed by atoms with van der Waals surface area (Å²) < 4.78 is 30.2. The molecule has 1 aromatic heterocycles. The van der Waals surface area contributed by atoms with Gasteiger partial charge in [-0.1, -0.05) is 15.9 Å². The van der Waals surface area contributed by atoms with Crippen molar-refractivity contribution in [2.75, 3.05) is 12.3 Å². The lowest BCUT2D eigenvalue weighted by Crippen LogP contribution is -2.27. The topological polar surface area (TPSA) is 90.0 Å². The Morgan fingerprint density at radius 2 is 2.10 bits per heavy atom. The molecule has 2 aromatic rings. The zero-order valence-electron chi connectivity index (χ0n) is 11.2. The number of aryl methyl sites for hydroxylation is 1. The number of nitrogens with one attached hydrogen (secondary N) is 1. The van der Waals surface area contributed by atoms with Crippen molar-refractivity contribution in [1.82, 2.24) is 14.3 Å². The molecule has 0 fully saturated rings. The van der Waals surface area contributed by atoms with E-state index in [1.165, 1.54) is 0 Å². The summed E-state index contributed by atoms with van der Waals surface area (Å²) in [7, 11) is -1.82. The van der Waals surface area contributed by atoms with E-state index in [2.05, 4.69) is 41.6 Å². The van der Waals surface area contributed by atoms with Crippen molar-refractivity contribution < 1.29 is 8.42 Å². The van der Waals surface area contributed by atoms with Crippen LogP contribution in [0, 0.1) is 0 Å². The third kappa shape index (κ3) is 3.85.